The number of hydrogen-bond donors (Lipinski definition) is 2. The summed E-state index contributed by atoms with van der Waals surface area (Å²) in [5.41, 5.74) is -2.01. The number of nitrogens with zero attached hydrogens (tertiary/aromatic N) is 1. The zero-order valence-corrected chi connectivity index (χ0v) is 14.6. The number of carbonyl (C=O) groups is 1. The van der Waals surface area contributed by atoms with Crippen LogP contribution in [0.4, 0.5) is 20.2 Å². The topological polar surface area (TPSA) is 71.3 Å². The number of rotatable bonds is 6. The van der Waals surface area contributed by atoms with Gasteiger partial charge in [0.05, 0.1) is 11.4 Å². The first-order valence-corrected chi connectivity index (χ1v) is 8.54. The third-order valence-corrected chi connectivity index (χ3v) is 4.61. The maximum atomic E-state index is 14.5. The number of nitrogens with one attached hydrogen (secondary N) is 1. The number of carboxylic acids is 1. The predicted octanol–water partition coefficient (Wildman–Crippen LogP) is 4.13. The summed E-state index contributed by atoms with van der Waals surface area (Å²) in [4.78, 5) is 23.7. The molecule has 1 heterocycles. The fourth-order valence-electron chi connectivity index (χ4n) is 2.53. The van der Waals surface area contributed by atoms with Crippen molar-refractivity contribution in [2.24, 2.45) is 5.92 Å². The van der Waals surface area contributed by atoms with E-state index in [0.717, 1.165) is 29.7 Å². The van der Waals surface area contributed by atoms with Crippen LogP contribution in [0.1, 0.15) is 29.6 Å². The van der Waals surface area contributed by atoms with E-state index in [-0.39, 0.29) is 12.2 Å². The normalized spacial score (nSPS) is 13.7. The van der Waals surface area contributed by atoms with Crippen molar-refractivity contribution in [1.82, 2.24) is 4.57 Å². The van der Waals surface area contributed by atoms with Crippen LogP contribution in [0.3, 0.4) is 0 Å². The molecule has 0 amide bonds. The highest BCUT2D eigenvalue weighted by molar-refractivity contribution is 9.10. The second-order valence-electron chi connectivity index (χ2n) is 6.02. The van der Waals surface area contributed by atoms with Gasteiger partial charge in [0.1, 0.15) is 11.4 Å². The van der Waals surface area contributed by atoms with Crippen LogP contribution in [-0.2, 0) is 6.54 Å². The molecule has 2 aromatic rings. The largest absolute Gasteiger partial charge is 0.478 e. The number of halogens is 3. The number of benzene rings is 1. The quantitative estimate of drug-likeness (QED) is 0.747. The smallest absolute Gasteiger partial charge is 0.339 e. The summed E-state index contributed by atoms with van der Waals surface area (Å²) in [6, 6.07) is 3.99. The van der Waals surface area contributed by atoms with Crippen molar-refractivity contribution in [2.45, 2.75) is 25.8 Å². The van der Waals surface area contributed by atoms with Gasteiger partial charge >= 0.3 is 5.97 Å². The molecule has 0 aliphatic heterocycles. The molecule has 25 heavy (non-hydrogen) atoms. The van der Waals surface area contributed by atoms with E-state index in [1.165, 1.54) is 12.1 Å². The second-order valence-corrected chi connectivity index (χ2v) is 6.93. The molecule has 0 bridgehead atoms. The van der Waals surface area contributed by atoms with Crippen molar-refractivity contribution in [2.75, 3.05) is 5.32 Å². The lowest BCUT2D eigenvalue weighted by atomic mass is 10.2. The lowest BCUT2D eigenvalue weighted by Gasteiger charge is -2.14. The van der Waals surface area contributed by atoms with Crippen molar-refractivity contribution in [3.63, 3.8) is 0 Å². The Kier molecular flexibility index (Phi) is 4.89. The molecule has 132 valence electrons. The molecule has 1 fully saturated rings. The Morgan fingerprint density at radius 1 is 1.36 bits per heavy atom. The van der Waals surface area contributed by atoms with Gasteiger partial charge in [-0.2, -0.15) is 4.39 Å². The number of aryl methyl sites for hydroxylation is 1. The third-order valence-electron chi connectivity index (χ3n) is 4.12. The summed E-state index contributed by atoms with van der Waals surface area (Å²) in [6.45, 7) is 0.258. The van der Waals surface area contributed by atoms with E-state index in [2.05, 4.69) is 21.2 Å². The minimum Gasteiger partial charge on any atom is -0.478 e. The number of hydrogen-bond acceptors (Lipinski definition) is 3. The average molecular weight is 413 g/mol. The second kappa shape index (κ2) is 6.95. The van der Waals surface area contributed by atoms with E-state index in [1.807, 2.05) is 0 Å². The predicted molar refractivity (Wildman–Crippen MR) is 92.3 cm³/mol. The highest BCUT2D eigenvalue weighted by atomic mass is 79.9. The Labute approximate surface area is 150 Å². The minimum atomic E-state index is -1.40. The van der Waals surface area contributed by atoms with Crippen LogP contribution in [0.15, 0.2) is 33.7 Å². The first kappa shape index (κ1) is 17.6. The van der Waals surface area contributed by atoms with Crippen LogP contribution in [0.5, 0.6) is 0 Å². The minimum absolute atomic E-state index is 0.125. The molecule has 0 saturated heterocycles. The van der Waals surface area contributed by atoms with Crippen LogP contribution in [0, 0.1) is 17.6 Å². The molecular weight excluding hydrogens is 398 g/mol. The zero-order valence-electron chi connectivity index (χ0n) is 13.1. The number of pyridine rings is 1. The molecule has 1 aromatic carbocycles. The van der Waals surface area contributed by atoms with E-state index in [4.69, 9.17) is 0 Å². The SMILES string of the molecule is O=C(O)c1cn(CCC2CC2)c(=O)c(F)c1Nc1ccc(Br)cc1F. The number of anilines is 2. The lowest BCUT2D eigenvalue weighted by molar-refractivity contribution is 0.0696. The van der Waals surface area contributed by atoms with Gasteiger partial charge in [0.15, 0.2) is 0 Å². The van der Waals surface area contributed by atoms with Gasteiger partial charge in [0.2, 0.25) is 5.82 Å². The Balaban J connectivity index is 2.00. The molecular formula is C17H15BrF2N2O3. The summed E-state index contributed by atoms with van der Waals surface area (Å²) in [7, 11) is 0. The maximum absolute atomic E-state index is 14.5. The summed E-state index contributed by atoms with van der Waals surface area (Å²) in [5, 5.41) is 11.8. The van der Waals surface area contributed by atoms with Crippen molar-refractivity contribution < 1.29 is 18.7 Å². The van der Waals surface area contributed by atoms with Crippen molar-refractivity contribution in [1.29, 1.82) is 0 Å². The van der Waals surface area contributed by atoms with E-state index in [9.17, 15) is 23.5 Å². The highest BCUT2D eigenvalue weighted by Crippen LogP contribution is 2.33. The Bertz CT molecular complexity index is 894. The lowest BCUT2D eigenvalue weighted by Crippen LogP contribution is -2.26. The van der Waals surface area contributed by atoms with Gasteiger partial charge in [0.25, 0.3) is 5.56 Å². The van der Waals surface area contributed by atoms with Gasteiger partial charge in [-0.25, -0.2) is 9.18 Å². The van der Waals surface area contributed by atoms with E-state index >= 15 is 0 Å². The molecule has 0 radical (unpaired) electrons. The van der Waals surface area contributed by atoms with E-state index in [0.29, 0.717) is 16.8 Å². The van der Waals surface area contributed by atoms with Gasteiger partial charge in [-0.15, -0.1) is 0 Å². The number of aromatic nitrogens is 1. The van der Waals surface area contributed by atoms with Gasteiger partial charge in [-0.05, 0) is 30.5 Å². The highest BCUT2D eigenvalue weighted by Gasteiger charge is 2.24. The molecule has 1 aliphatic rings. The molecule has 1 aliphatic carbocycles. The van der Waals surface area contributed by atoms with Crippen LogP contribution in [0.2, 0.25) is 0 Å². The summed E-state index contributed by atoms with van der Waals surface area (Å²) >= 11 is 3.10. The molecule has 1 saturated carbocycles. The fourth-order valence-corrected chi connectivity index (χ4v) is 2.87. The fraction of sp³-hybridized carbons (Fsp3) is 0.294. The standard InChI is InChI=1S/C17H15BrF2N2O3/c18-10-3-4-13(12(19)7-10)21-15-11(17(24)25)8-22(16(23)14(15)20)6-5-9-1-2-9/h3-4,7-9,21H,1-2,5-6H2,(H,24,25). The monoisotopic (exact) mass is 412 g/mol. The number of aromatic carboxylic acids is 1. The van der Waals surface area contributed by atoms with Crippen LogP contribution >= 0.6 is 15.9 Å². The first-order valence-electron chi connectivity index (χ1n) is 7.75. The Morgan fingerprint density at radius 3 is 2.68 bits per heavy atom. The molecule has 1 aromatic heterocycles. The first-order chi connectivity index (χ1) is 11.9. The zero-order chi connectivity index (χ0) is 18.1. The molecule has 2 N–H and O–H groups in total. The van der Waals surface area contributed by atoms with Gasteiger partial charge in [0, 0.05) is 17.2 Å². The molecule has 0 spiro atoms. The van der Waals surface area contributed by atoms with Gasteiger partial charge in [-0.1, -0.05) is 28.8 Å². The maximum Gasteiger partial charge on any atom is 0.339 e. The summed E-state index contributed by atoms with van der Waals surface area (Å²) in [6.07, 6.45) is 3.96. The summed E-state index contributed by atoms with van der Waals surface area (Å²) < 4.78 is 30.0. The van der Waals surface area contributed by atoms with E-state index in [1.54, 1.807) is 0 Å². The van der Waals surface area contributed by atoms with Crippen LogP contribution in [-0.4, -0.2) is 15.6 Å². The third kappa shape index (κ3) is 3.89. The molecule has 0 atom stereocenters. The summed E-state index contributed by atoms with van der Waals surface area (Å²) in [5.74, 6) is -2.84. The Morgan fingerprint density at radius 2 is 2.08 bits per heavy atom. The Hall–Kier alpha value is -2.22. The van der Waals surface area contributed by atoms with Crippen molar-refractivity contribution in [3.8, 4) is 0 Å². The van der Waals surface area contributed by atoms with E-state index < -0.39 is 34.4 Å². The average Bonchev–Trinajstić information content (AvgIpc) is 3.37. The number of carboxylic acid groups (broad SMARTS) is 1. The molecule has 5 nitrogen and oxygen atoms in total. The van der Waals surface area contributed by atoms with Crippen LogP contribution in [0.25, 0.3) is 0 Å². The van der Waals surface area contributed by atoms with Crippen molar-refractivity contribution >= 4 is 33.3 Å². The van der Waals surface area contributed by atoms with Gasteiger partial charge in [-0.3, -0.25) is 4.79 Å². The van der Waals surface area contributed by atoms with Crippen LogP contribution < -0.4 is 10.9 Å². The molecule has 8 heteroatoms. The molecule has 3 rings (SSSR count). The van der Waals surface area contributed by atoms with Crippen molar-refractivity contribution in [3.05, 3.63) is 56.4 Å². The van der Waals surface area contributed by atoms with Gasteiger partial charge < -0.3 is 15.0 Å². The molecule has 0 unspecified atom stereocenters.